The Labute approximate surface area is 141 Å². The summed E-state index contributed by atoms with van der Waals surface area (Å²) in [6.45, 7) is 3.89. The van der Waals surface area contributed by atoms with E-state index in [9.17, 15) is 9.18 Å². The summed E-state index contributed by atoms with van der Waals surface area (Å²) in [4.78, 5) is 12.4. The van der Waals surface area contributed by atoms with Crippen LogP contribution in [0.2, 0.25) is 0 Å². The van der Waals surface area contributed by atoms with Gasteiger partial charge in [0.1, 0.15) is 5.82 Å². The Kier molecular flexibility index (Phi) is 4.66. The summed E-state index contributed by atoms with van der Waals surface area (Å²) in [6.07, 6.45) is 4.28. The van der Waals surface area contributed by atoms with E-state index in [0.29, 0.717) is 0 Å². The maximum absolute atomic E-state index is 13.1. The highest BCUT2D eigenvalue weighted by molar-refractivity contribution is 5.79. The van der Waals surface area contributed by atoms with E-state index in [1.807, 2.05) is 13.8 Å². The van der Waals surface area contributed by atoms with Crippen molar-refractivity contribution in [3.8, 4) is 5.69 Å². The fraction of sp³-hybridized carbons (Fsp3) is 0.444. The molecule has 128 valence electrons. The molecule has 1 heterocycles. The van der Waals surface area contributed by atoms with Gasteiger partial charge in [-0.2, -0.15) is 5.10 Å². The summed E-state index contributed by atoms with van der Waals surface area (Å²) in [6, 6.07) is 6.18. The van der Waals surface area contributed by atoms with Crippen molar-refractivity contribution in [1.29, 1.82) is 0 Å². The molecule has 1 saturated carbocycles. The highest BCUT2D eigenvalue weighted by atomic mass is 19.1. The van der Waals surface area contributed by atoms with Gasteiger partial charge >= 0.3 is 0 Å². The van der Waals surface area contributed by atoms with Crippen LogP contribution in [-0.2, 0) is 4.79 Å². The van der Waals surface area contributed by atoms with Gasteiger partial charge in [0, 0.05) is 23.2 Å². The third-order valence-corrected chi connectivity index (χ3v) is 4.79. The summed E-state index contributed by atoms with van der Waals surface area (Å²) in [5.41, 5.74) is 8.56. The van der Waals surface area contributed by atoms with E-state index in [2.05, 4.69) is 10.4 Å². The highest BCUT2D eigenvalue weighted by Gasteiger charge is 2.29. The second-order valence-electron chi connectivity index (χ2n) is 6.57. The molecule has 1 amide bonds. The van der Waals surface area contributed by atoms with Gasteiger partial charge in [-0.3, -0.25) is 4.79 Å². The van der Waals surface area contributed by atoms with Crippen LogP contribution < -0.4 is 11.1 Å². The molecule has 0 radical (unpaired) electrons. The maximum Gasteiger partial charge on any atom is 0.223 e. The zero-order valence-corrected chi connectivity index (χ0v) is 14.0. The summed E-state index contributed by atoms with van der Waals surface area (Å²) in [5.74, 6) is -0.210. The van der Waals surface area contributed by atoms with Gasteiger partial charge < -0.3 is 11.1 Å². The van der Waals surface area contributed by atoms with Gasteiger partial charge in [0.25, 0.3) is 0 Å². The number of halogens is 1. The smallest absolute Gasteiger partial charge is 0.223 e. The van der Waals surface area contributed by atoms with Crippen molar-refractivity contribution in [1.82, 2.24) is 15.1 Å². The van der Waals surface area contributed by atoms with Crippen LogP contribution in [0.4, 0.5) is 4.39 Å². The number of carbonyl (C=O) groups is 1. The summed E-state index contributed by atoms with van der Waals surface area (Å²) in [5, 5.41) is 7.44. The summed E-state index contributed by atoms with van der Waals surface area (Å²) in [7, 11) is 0. The molecule has 6 heteroatoms. The van der Waals surface area contributed by atoms with Gasteiger partial charge in [0.15, 0.2) is 0 Å². The molecule has 3 unspecified atom stereocenters. The lowest BCUT2D eigenvalue weighted by atomic mass is 10.0. The van der Waals surface area contributed by atoms with Crippen LogP contribution in [0.3, 0.4) is 0 Å². The van der Waals surface area contributed by atoms with E-state index in [0.717, 1.165) is 36.2 Å². The molecule has 0 spiro atoms. The van der Waals surface area contributed by atoms with Gasteiger partial charge in [-0.25, -0.2) is 9.07 Å². The molecule has 1 aliphatic carbocycles. The molecular formula is C18H23FN4O. The van der Waals surface area contributed by atoms with Gasteiger partial charge in [-0.15, -0.1) is 0 Å². The Morgan fingerprint density at radius 3 is 2.71 bits per heavy atom. The van der Waals surface area contributed by atoms with Crippen molar-refractivity contribution in [3.63, 3.8) is 0 Å². The predicted molar refractivity (Wildman–Crippen MR) is 90.1 cm³/mol. The third kappa shape index (κ3) is 3.33. The number of hydrogen-bond donors (Lipinski definition) is 2. The van der Waals surface area contributed by atoms with Crippen molar-refractivity contribution in [2.75, 3.05) is 0 Å². The Hall–Kier alpha value is -2.21. The van der Waals surface area contributed by atoms with Crippen molar-refractivity contribution in [2.45, 2.75) is 45.2 Å². The molecule has 1 aliphatic rings. The lowest BCUT2D eigenvalue weighted by Crippen LogP contribution is -2.32. The number of nitrogens with two attached hydrogens (primary N) is 1. The van der Waals surface area contributed by atoms with Crippen molar-refractivity contribution in [3.05, 3.63) is 47.5 Å². The van der Waals surface area contributed by atoms with E-state index < -0.39 is 0 Å². The SMILES string of the molecule is Cc1c(C(C)NC(=O)C2CCC(N)C2)cnn1-c1ccc(F)cc1. The number of hydrogen-bond acceptors (Lipinski definition) is 3. The minimum Gasteiger partial charge on any atom is -0.349 e. The van der Waals surface area contributed by atoms with Gasteiger partial charge in [0.05, 0.1) is 17.9 Å². The number of carbonyl (C=O) groups excluding carboxylic acids is 1. The fourth-order valence-corrected chi connectivity index (χ4v) is 3.35. The van der Waals surface area contributed by atoms with E-state index in [-0.39, 0.29) is 29.7 Å². The number of benzene rings is 1. The average molecular weight is 330 g/mol. The van der Waals surface area contributed by atoms with E-state index >= 15 is 0 Å². The van der Waals surface area contributed by atoms with Crippen LogP contribution in [0.5, 0.6) is 0 Å². The molecule has 24 heavy (non-hydrogen) atoms. The Bertz CT molecular complexity index is 725. The molecule has 1 aromatic heterocycles. The summed E-state index contributed by atoms with van der Waals surface area (Å²) < 4.78 is 14.8. The Morgan fingerprint density at radius 1 is 1.38 bits per heavy atom. The van der Waals surface area contributed by atoms with Crippen LogP contribution >= 0.6 is 0 Å². The molecular weight excluding hydrogens is 307 g/mol. The van der Waals surface area contributed by atoms with E-state index in [1.54, 1.807) is 23.0 Å². The number of nitrogens with one attached hydrogen (secondary N) is 1. The first-order chi connectivity index (χ1) is 11.5. The topological polar surface area (TPSA) is 72.9 Å². The number of rotatable bonds is 4. The third-order valence-electron chi connectivity index (χ3n) is 4.79. The molecule has 0 saturated heterocycles. The molecule has 5 nitrogen and oxygen atoms in total. The van der Waals surface area contributed by atoms with E-state index in [4.69, 9.17) is 5.73 Å². The largest absolute Gasteiger partial charge is 0.349 e. The number of nitrogens with zero attached hydrogens (tertiary/aromatic N) is 2. The highest BCUT2D eigenvalue weighted by Crippen LogP contribution is 2.26. The molecule has 1 fully saturated rings. The fourth-order valence-electron chi connectivity index (χ4n) is 3.35. The van der Waals surface area contributed by atoms with Crippen LogP contribution in [0, 0.1) is 18.7 Å². The second kappa shape index (κ2) is 6.73. The first-order valence-electron chi connectivity index (χ1n) is 8.32. The molecule has 0 aliphatic heterocycles. The number of amides is 1. The average Bonchev–Trinajstić information content (AvgIpc) is 3.14. The summed E-state index contributed by atoms with van der Waals surface area (Å²) >= 11 is 0. The van der Waals surface area contributed by atoms with Crippen LogP contribution in [0.25, 0.3) is 5.69 Å². The van der Waals surface area contributed by atoms with Crippen LogP contribution in [-0.4, -0.2) is 21.7 Å². The second-order valence-corrected chi connectivity index (χ2v) is 6.57. The van der Waals surface area contributed by atoms with Gasteiger partial charge in [0.2, 0.25) is 5.91 Å². The lowest BCUT2D eigenvalue weighted by Gasteiger charge is -2.17. The zero-order chi connectivity index (χ0) is 17.3. The quantitative estimate of drug-likeness (QED) is 0.905. The normalized spacial score (nSPS) is 21.7. The number of aromatic nitrogens is 2. The van der Waals surface area contributed by atoms with Crippen molar-refractivity contribution < 1.29 is 9.18 Å². The maximum atomic E-state index is 13.1. The first-order valence-corrected chi connectivity index (χ1v) is 8.32. The Morgan fingerprint density at radius 2 is 2.08 bits per heavy atom. The monoisotopic (exact) mass is 330 g/mol. The molecule has 0 bridgehead atoms. The van der Waals surface area contributed by atoms with Crippen molar-refractivity contribution >= 4 is 5.91 Å². The molecule has 3 rings (SSSR count). The zero-order valence-electron chi connectivity index (χ0n) is 14.0. The minimum atomic E-state index is -0.279. The Balaban J connectivity index is 1.73. The lowest BCUT2D eigenvalue weighted by molar-refractivity contribution is -0.125. The standard InChI is InChI=1S/C18H23FN4O/c1-11(22-18(24)13-3-6-15(20)9-13)17-10-21-23(12(17)2)16-7-4-14(19)5-8-16/h4-5,7-8,10-11,13,15H,3,6,9,20H2,1-2H3,(H,22,24). The predicted octanol–water partition coefficient (Wildman–Crippen LogP) is 2.62. The molecule has 1 aromatic carbocycles. The first kappa shape index (κ1) is 16.6. The van der Waals surface area contributed by atoms with Crippen LogP contribution in [0.15, 0.2) is 30.5 Å². The van der Waals surface area contributed by atoms with Gasteiger partial charge in [-0.1, -0.05) is 0 Å². The minimum absolute atomic E-state index is 0.00917. The van der Waals surface area contributed by atoms with E-state index in [1.165, 1.54) is 12.1 Å². The molecule has 3 N–H and O–H groups in total. The molecule has 3 atom stereocenters. The van der Waals surface area contributed by atoms with Crippen molar-refractivity contribution in [2.24, 2.45) is 11.7 Å². The van der Waals surface area contributed by atoms with Crippen LogP contribution in [0.1, 0.15) is 43.5 Å². The molecule has 2 aromatic rings. The van der Waals surface area contributed by atoms with Gasteiger partial charge in [-0.05, 0) is 57.4 Å².